The molecule has 4 saturated carbocycles. The van der Waals surface area contributed by atoms with E-state index in [4.69, 9.17) is 42.6 Å². The SMILES string of the molecule is CO[C@H]1C[C@H](O[C@H]2[C@@H](O)C[C@H](O[C@H]3CC[C@@]4(C)[C@H](CC[C@H]5[C@H]4CC[C@]4(C)[C@@H](C6=CC(=O)OC6)[C@@H](OC(C)=O)C[C@]54O)C3)O[C@@H]2C)O[C@H](C)[C@H]1O[C@@H]1O[C@H](CO)[C@@H](O)[C@H](O)[C@H]1O. The lowest BCUT2D eigenvalue weighted by molar-refractivity contribution is -0.353. The van der Waals surface area contributed by atoms with E-state index in [1.54, 1.807) is 6.92 Å². The fourth-order valence-corrected chi connectivity index (χ4v) is 13.4. The molecule has 6 N–H and O–H groups in total. The van der Waals surface area contributed by atoms with Crippen LogP contribution >= 0.6 is 0 Å². The summed E-state index contributed by atoms with van der Waals surface area (Å²) in [6.45, 7) is 9.06. The van der Waals surface area contributed by atoms with Crippen molar-refractivity contribution < 1.29 is 82.9 Å². The summed E-state index contributed by atoms with van der Waals surface area (Å²) < 4.78 is 54.0. The fourth-order valence-electron chi connectivity index (χ4n) is 13.4. The van der Waals surface area contributed by atoms with Crippen LogP contribution in [0.3, 0.4) is 0 Å². The lowest BCUT2D eigenvalue weighted by atomic mass is 9.43. The second-order valence-corrected chi connectivity index (χ2v) is 19.8. The predicted molar refractivity (Wildman–Crippen MR) is 210 cm³/mol. The molecule has 8 aliphatic rings. The number of aliphatic hydroxyl groups excluding tert-OH is 5. The van der Waals surface area contributed by atoms with Crippen LogP contribution < -0.4 is 0 Å². The standard InChI is InChI=1S/C44H68O17/c1-20-39(60-34-16-29(53-6)40(21(2)56-34)61-41-38(51)37(50)36(49)31(18-45)59-41)28(47)15-33(55-20)58-25-9-11-42(4)24(14-25)7-8-27-26(42)10-12-43(5)35(23-13-32(48)54-19-23)30(57-22(3)46)17-44(27,43)52/h13,20-21,24-31,33-41,45,47,49-52H,7-12,14-19H2,1-6H3/t20-,21-,24-,25+,26-,27+,28+,29+,30+,31-,33+,34+,35+,36-,37+,38-,39-,40-,41+,42+,43-,44+/m1/s1. The van der Waals surface area contributed by atoms with Crippen molar-refractivity contribution >= 4 is 11.9 Å². The lowest BCUT2D eigenvalue weighted by Gasteiger charge is -2.63. The minimum absolute atomic E-state index is 0.0181. The third-order valence-electron chi connectivity index (χ3n) is 16.6. The first kappa shape index (κ1) is 45.7. The number of carbonyl (C=O) groups excluding carboxylic acids is 2. The Balaban J connectivity index is 0.854. The van der Waals surface area contributed by atoms with Crippen LogP contribution in [0, 0.1) is 34.5 Å². The van der Waals surface area contributed by atoms with E-state index in [9.17, 15) is 40.2 Å². The Morgan fingerprint density at radius 1 is 0.836 bits per heavy atom. The molecular weight excluding hydrogens is 800 g/mol. The highest BCUT2D eigenvalue weighted by Crippen LogP contribution is 2.70. The Bertz CT molecular complexity index is 1620. The summed E-state index contributed by atoms with van der Waals surface area (Å²) in [4.78, 5) is 24.5. The summed E-state index contributed by atoms with van der Waals surface area (Å²) in [5.74, 6) is -0.394. The van der Waals surface area contributed by atoms with Gasteiger partial charge in [0.1, 0.15) is 49.3 Å². The van der Waals surface area contributed by atoms with Gasteiger partial charge in [-0.25, -0.2) is 4.79 Å². The van der Waals surface area contributed by atoms with Crippen molar-refractivity contribution in [2.45, 2.75) is 197 Å². The van der Waals surface area contributed by atoms with Crippen LogP contribution in [0.15, 0.2) is 11.6 Å². The second kappa shape index (κ2) is 17.5. The van der Waals surface area contributed by atoms with Crippen LogP contribution in [0.2, 0.25) is 0 Å². The first-order valence-corrected chi connectivity index (χ1v) is 22.5. The number of carbonyl (C=O) groups is 2. The molecule has 7 fully saturated rings. The maximum absolute atomic E-state index is 12.9. The number of cyclic esters (lactones) is 1. The van der Waals surface area contributed by atoms with Crippen molar-refractivity contribution in [2.24, 2.45) is 34.5 Å². The molecule has 0 unspecified atom stereocenters. The Kier molecular flexibility index (Phi) is 13.1. The minimum Gasteiger partial charge on any atom is -0.462 e. The number of esters is 2. The van der Waals surface area contributed by atoms with Gasteiger partial charge in [0.25, 0.3) is 0 Å². The molecule has 0 aromatic rings. The monoisotopic (exact) mass is 868 g/mol. The van der Waals surface area contributed by atoms with E-state index in [0.29, 0.717) is 12.3 Å². The van der Waals surface area contributed by atoms with Crippen LogP contribution in [0.4, 0.5) is 0 Å². The number of methoxy groups -OCH3 is 1. The quantitative estimate of drug-likeness (QED) is 0.134. The molecule has 4 aliphatic heterocycles. The number of hydrogen-bond donors (Lipinski definition) is 6. The summed E-state index contributed by atoms with van der Waals surface area (Å²) in [5, 5.41) is 64.8. The second-order valence-electron chi connectivity index (χ2n) is 19.8. The largest absolute Gasteiger partial charge is 0.462 e. The molecule has 61 heavy (non-hydrogen) atoms. The van der Waals surface area contributed by atoms with Gasteiger partial charge in [0, 0.05) is 50.7 Å². The third kappa shape index (κ3) is 8.14. The molecule has 346 valence electrons. The summed E-state index contributed by atoms with van der Waals surface area (Å²) in [5.41, 5.74) is -0.851. The molecular formula is C44H68O17. The molecule has 4 heterocycles. The van der Waals surface area contributed by atoms with Crippen molar-refractivity contribution in [1.82, 2.24) is 0 Å². The zero-order valence-corrected chi connectivity index (χ0v) is 36.2. The van der Waals surface area contributed by atoms with Gasteiger partial charge >= 0.3 is 11.9 Å². The van der Waals surface area contributed by atoms with Crippen LogP contribution in [0.25, 0.3) is 0 Å². The average Bonchev–Trinajstić information content (AvgIpc) is 3.72. The topological polar surface area (TPSA) is 239 Å². The van der Waals surface area contributed by atoms with Crippen molar-refractivity contribution in [3.05, 3.63) is 11.6 Å². The molecule has 0 bridgehead atoms. The maximum atomic E-state index is 12.9. The molecule has 0 amide bonds. The molecule has 0 spiro atoms. The molecule has 8 rings (SSSR count). The smallest absolute Gasteiger partial charge is 0.331 e. The van der Waals surface area contributed by atoms with E-state index in [0.717, 1.165) is 50.5 Å². The van der Waals surface area contributed by atoms with Gasteiger partial charge in [-0.3, -0.25) is 4.79 Å². The molecule has 0 aromatic heterocycles. The van der Waals surface area contributed by atoms with Crippen LogP contribution in [0.1, 0.15) is 98.8 Å². The van der Waals surface area contributed by atoms with Gasteiger partial charge in [0.05, 0.1) is 42.7 Å². The van der Waals surface area contributed by atoms with Gasteiger partial charge in [-0.05, 0) is 87.5 Å². The first-order valence-electron chi connectivity index (χ1n) is 22.5. The number of aliphatic hydroxyl groups is 6. The number of rotatable bonds is 10. The molecule has 17 heteroatoms. The zero-order valence-electron chi connectivity index (χ0n) is 36.2. The van der Waals surface area contributed by atoms with Crippen molar-refractivity contribution in [2.75, 3.05) is 20.3 Å². The summed E-state index contributed by atoms with van der Waals surface area (Å²) in [6.07, 6.45) is -4.97. The highest BCUT2D eigenvalue weighted by molar-refractivity contribution is 5.85. The van der Waals surface area contributed by atoms with Crippen molar-refractivity contribution in [3.63, 3.8) is 0 Å². The van der Waals surface area contributed by atoms with E-state index in [2.05, 4.69) is 13.8 Å². The highest BCUT2D eigenvalue weighted by Gasteiger charge is 2.71. The van der Waals surface area contributed by atoms with Gasteiger partial charge in [-0.2, -0.15) is 0 Å². The average molecular weight is 869 g/mol. The van der Waals surface area contributed by atoms with Gasteiger partial charge in [0.15, 0.2) is 18.9 Å². The predicted octanol–water partition coefficient (Wildman–Crippen LogP) is 1.39. The minimum atomic E-state index is -1.59. The molecule has 17 nitrogen and oxygen atoms in total. The van der Waals surface area contributed by atoms with Crippen molar-refractivity contribution in [3.8, 4) is 0 Å². The van der Waals surface area contributed by atoms with Crippen molar-refractivity contribution in [1.29, 1.82) is 0 Å². The van der Waals surface area contributed by atoms with E-state index in [1.165, 1.54) is 20.1 Å². The summed E-state index contributed by atoms with van der Waals surface area (Å²) >= 11 is 0. The van der Waals surface area contributed by atoms with Crippen LogP contribution in [-0.4, -0.2) is 161 Å². The number of fused-ring (bicyclic) bond motifs is 5. The highest BCUT2D eigenvalue weighted by atomic mass is 16.7. The normalized spacial score (nSPS) is 52.4. The molecule has 4 aliphatic carbocycles. The van der Waals surface area contributed by atoms with Crippen LogP contribution in [0.5, 0.6) is 0 Å². The fraction of sp³-hybridized carbons (Fsp3) is 0.909. The van der Waals surface area contributed by atoms with E-state index in [-0.39, 0.29) is 48.7 Å². The Morgan fingerprint density at radius 2 is 1.56 bits per heavy atom. The van der Waals surface area contributed by atoms with Crippen LogP contribution in [-0.2, 0) is 52.2 Å². The number of ether oxygens (including phenoxy) is 9. The summed E-state index contributed by atoms with van der Waals surface area (Å²) in [7, 11) is 1.50. The molecule has 22 atom stereocenters. The third-order valence-corrected chi connectivity index (χ3v) is 16.6. The molecule has 0 radical (unpaired) electrons. The van der Waals surface area contributed by atoms with Gasteiger partial charge < -0.3 is 73.3 Å². The Labute approximate surface area is 357 Å². The Morgan fingerprint density at radius 3 is 2.21 bits per heavy atom. The van der Waals surface area contributed by atoms with E-state index < -0.39 is 116 Å². The molecule has 0 aromatic carbocycles. The Hall–Kier alpha value is -1.84. The van der Waals surface area contributed by atoms with Gasteiger partial charge in [0.2, 0.25) is 0 Å². The van der Waals surface area contributed by atoms with E-state index >= 15 is 0 Å². The lowest BCUT2D eigenvalue weighted by Crippen LogP contribution is -2.62. The van der Waals surface area contributed by atoms with Gasteiger partial charge in [-0.1, -0.05) is 13.8 Å². The maximum Gasteiger partial charge on any atom is 0.331 e. The van der Waals surface area contributed by atoms with E-state index in [1.807, 2.05) is 6.92 Å². The van der Waals surface area contributed by atoms with Gasteiger partial charge in [-0.15, -0.1) is 0 Å². The summed E-state index contributed by atoms with van der Waals surface area (Å²) in [6, 6.07) is 0. The number of hydrogen-bond acceptors (Lipinski definition) is 17. The first-order chi connectivity index (χ1) is 28.9. The molecule has 3 saturated heterocycles. The zero-order chi connectivity index (χ0) is 43.8.